The van der Waals surface area contributed by atoms with Crippen molar-refractivity contribution in [2.75, 3.05) is 26.2 Å². The summed E-state index contributed by atoms with van der Waals surface area (Å²) in [6, 6.07) is 1.70. The number of hydrogen-bond donors (Lipinski definition) is 1. The Bertz CT molecular complexity index is 514. The lowest BCUT2D eigenvalue weighted by Crippen LogP contribution is -2.49. The fraction of sp³-hybridized carbons (Fsp3) is 0.667. The first-order chi connectivity index (χ1) is 10.4. The van der Waals surface area contributed by atoms with Gasteiger partial charge in [-0.15, -0.1) is 0 Å². The fourth-order valence-corrected chi connectivity index (χ4v) is 3.86. The summed E-state index contributed by atoms with van der Waals surface area (Å²) in [6.07, 6.45) is -0.655. The maximum Gasteiger partial charge on any atom is 0.250 e. The Balaban J connectivity index is 1.56. The highest BCUT2D eigenvalue weighted by Gasteiger charge is 2.42. The maximum absolute atomic E-state index is 13.2. The molecule has 1 aromatic rings. The van der Waals surface area contributed by atoms with Gasteiger partial charge in [-0.25, -0.2) is 8.78 Å². The number of nitrogens with zero attached hydrogens (tertiary/aromatic N) is 2. The number of likely N-dealkylation sites (tertiary alicyclic amines) is 2. The van der Waals surface area contributed by atoms with Crippen LogP contribution < -0.4 is 0 Å². The largest absolute Gasteiger partial charge is 0.390 e. The zero-order valence-corrected chi connectivity index (χ0v) is 13.1. The van der Waals surface area contributed by atoms with E-state index in [0.717, 1.165) is 5.56 Å². The predicted molar refractivity (Wildman–Crippen MR) is 80.2 cm³/mol. The maximum atomic E-state index is 13.2. The van der Waals surface area contributed by atoms with Crippen molar-refractivity contribution in [1.29, 1.82) is 0 Å². The molecular weight excluding hydrogens is 310 g/mol. The number of β-amino-alcohol motifs (C(OH)–C–C–N with tert-alkyl or cyclic N) is 1. The second-order valence-corrected chi connectivity index (χ2v) is 6.91. The van der Waals surface area contributed by atoms with Crippen molar-refractivity contribution in [3.05, 3.63) is 22.4 Å². The van der Waals surface area contributed by atoms with Crippen LogP contribution in [0.2, 0.25) is 0 Å². The van der Waals surface area contributed by atoms with Gasteiger partial charge in [-0.2, -0.15) is 11.3 Å². The van der Waals surface area contributed by atoms with E-state index in [2.05, 4.69) is 0 Å². The number of thiophene rings is 1. The number of alkyl halides is 2. The summed E-state index contributed by atoms with van der Waals surface area (Å²) in [5.41, 5.74) is 0.977. The zero-order chi connectivity index (χ0) is 15.7. The summed E-state index contributed by atoms with van der Waals surface area (Å²) in [4.78, 5) is 15.8. The van der Waals surface area contributed by atoms with E-state index in [4.69, 9.17) is 0 Å². The molecule has 0 saturated carbocycles. The smallest absolute Gasteiger partial charge is 0.250 e. The van der Waals surface area contributed by atoms with E-state index in [0.29, 0.717) is 19.5 Å². The minimum atomic E-state index is -2.59. The Morgan fingerprint density at radius 3 is 2.73 bits per heavy atom. The van der Waals surface area contributed by atoms with Crippen LogP contribution in [-0.4, -0.2) is 65.1 Å². The molecule has 2 saturated heterocycles. The molecule has 3 rings (SSSR count). The first-order valence-corrected chi connectivity index (χ1v) is 8.48. The van der Waals surface area contributed by atoms with E-state index < -0.39 is 12.0 Å². The average molecular weight is 330 g/mol. The summed E-state index contributed by atoms with van der Waals surface area (Å²) in [5, 5.41) is 14.1. The van der Waals surface area contributed by atoms with Crippen molar-refractivity contribution in [1.82, 2.24) is 9.80 Å². The molecule has 3 heterocycles. The van der Waals surface area contributed by atoms with E-state index in [1.54, 1.807) is 16.2 Å². The lowest BCUT2D eigenvalue weighted by molar-refractivity contribution is -0.130. The molecule has 122 valence electrons. The van der Waals surface area contributed by atoms with E-state index in [1.807, 2.05) is 21.7 Å². The second kappa shape index (κ2) is 6.22. The zero-order valence-electron chi connectivity index (χ0n) is 12.3. The van der Waals surface area contributed by atoms with Crippen molar-refractivity contribution in [3.8, 4) is 0 Å². The number of rotatable bonds is 3. The molecule has 1 aromatic heterocycles. The first-order valence-electron chi connectivity index (χ1n) is 7.53. The van der Waals surface area contributed by atoms with Crippen LogP contribution in [0.25, 0.3) is 0 Å². The van der Waals surface area contributed by atoms with Gasteiger partial charge in [0.15, 0.2) is 0 Å². The molecule has 0 aliphatic carbocycles. The van der Waals surface area contributed by atoms with Crippen molar-refractivity contribution in [3.63, 3.8) is 0 Å². The predicted octanol–water partition coefficient (Wildman–Crippen LogP) is 1.59. The number of halogens is 2. The number of amides is 1. The molecule has 2 aliphatic rings. The summed E-state index contributed by atoms with van der Waals surface area (Å²) in [6.45, 7) is 1.28. The molecule has 22 heavy (non-hydrogen) atoms. The van der Waals surface area contributed by atoms with Crippen LogP contribution in [0.3, 0.4) is 0 Å². The van der Waals surface area contributed by atoms with Gasteiger partial charge in [-0.05, 0) is 22.4 Å². The topological polar surface area (TPSA) is 43.8 Å². The minimum Gasteiger partial charge on any atom is -0.390 e. The summed E-state index contributed by atoms with van der Waals surface area (Å²) in [5.74, 6) is -2.60. The summed E-state index contributed by atoms with van der Waals surface area (Å²) >= 11 is 1.55. The SMILES string of the molecule is O=C(Cc1ccsc1)N1C[C@@H](O)[C@H](N2CCC(F)(F)CC2)C1. The Kier molecular flexibility index (Phi) is 4.47. The highest BCUT2D eigenvalue weighted by molar-refractivity contribution is 7.07. The number of piperidine rings is 1. The third kappa shape index (κ3) is 3.47. The Labute approximate surface area is 132 Å². The number of carbonyl (C=O) groups is 1. The molecule has 2 atom stereocenters. The van der Waals surface area contributed by atoms with Crippen LogP contribution in [0.5, 0.6) is 0 Å². The number of carbonyl (C=O) groups excluding carboxylic acids is 1. The fourth-order valence-electron chi connectivity index (χ4n) is 3.19. The summed E-state index contributed by atoms with van der Waals surface area (Å²) in [7, 11) is 0. The van der Waals surface area contributed by atoms with Crippen LogP contribution >= 0.6 is 11.3 Å². The molecular formula is C15H20F2N2O2S. The second-order valence-electron chi connectivity index (χ2n) is 6.13. The summed E-state index contributed by atoms with van der Waals surface area (Å²) < 4.78 is 26.5. The van der Waals surface area contributed by atoms with Crippen LogP contribution in [0.4, 0.5) is 8.78 Å². The molecule has 1 amide bonds. The van der Waals surface area contributed by atoms with Gasteiger partial charge in [0.25, 0.3) is 5.92 Å². The normalized spacial score (nSPS) is 29.0. The van der Waals surface area contributed by atoms with E-state index in [-0.39, 0.29) is 37.9 Å². The molecule has 0 unspecified atom stereocenters. The van der Waals surface area contributed by atoms with Crippen LogP contribution in [-0.2, 0) is 11.2 Å². The molecule has 7 heteroatoms. The third-order valence-electron chi connectivity index (χ3n) is 4.55. The van der Waals surface area contributed by atoms with Gasteiger partial charge in [0.2, 0.25) is 5.91 Å². The molecule has 0 bridgehead atoms. The highest BCUT2D eigenvalue weighted by Crippen LogP contribution is 2.30. The molecule has 2 fully saturated rings. The van der Waals surface area contributed by atoms with Crippen molar-refractivity contribution in [2.45, 2.75) is 37.3 Å². The van der Waals surface area contributed by atoms with Crippen molar-refractivity contribution in [2.24, 2.45) is 0 Å². The minimum absolute atomic E-state index is 0.0118. The monoisotopic (exact) mass is 330 g/mol. The standard InChI is InChI=1S/C15H20F2N2O2S/c16-15(17)2-4-18(5-3-15)12-8-19(9-13(12)20)14(21)7-11-1-6-22-10-11/h1,6,10,12-13,20H,2-5,7-9H2/t12-,13-/m1/s1. The van der Waals surface area contributed by atoms with Gasteiger partial charge in [-0.1, -0.05) is 0 Å². The molecule has 4 nitrogen and oxygen atoms in total. The molecule has 1 N–H and O–H groups in total. The quantitative estimate of drug-likeness (QED) is 0.915. The van der Waals surface area contributed by atoms with Gasteiger partial charge < -0.3 is 10.0 Å². The molecule has 0 spiro atoms. The number of aliphatic hydroxyl groups is 1. The average Bonchev–Trinajstić information content (AvgIpc) is 3.09. The molecule has 2 aliphatic heterocycles. The number of hydrogen-bond acceptors (Lipinski definition) is 4. The van der Waals surface area contributed by atoms with E-state index in [9.17, 15) is 18.7 Å². The van der Waals surface area contributed by atoms with Crippen molar-refractivity contribution >= 4 is 17.2 Å². The lowest BCUT2D eigenvalue weighted by Gasteiger charge is -2.36. The Morgan fingerprint density at radius 2 is 2.09 bits per heavy atom. The third-order valence-corrected chi connectivity index (χ3v) is 5.28. The highest BCUT2D eigenvalue weighted by atomic mass is 32.1. The van der Waals surface area contributed by atoms with Gasteiger partial charge in [0, 0.05) is 39.0 Å². The van der Waals surface area contributed by atoms with Crippen LogP contribution in [0.1, 0.15) is 18.4 Å². The molecule has 0 radical (unpaired) electrons. The lowest BCUT2D eigenvalue weighted by atomic mass is 10.0. The van der Waals surface area contributed by atoms with Gasteiger partial charge in [0.05, 0.1) is 18.6 Å². The van der Waals surface area contributed by atoms with Gasteiger partial charge >= 0.3 is 0 Å². The van der Waals surface area contributed by atoms with Gasteiger partial charge in [0.1, 0.15) is 0 Å². The van der Waals surface area contributed by atoms with E-state index in [1.165, 1.54) is 0 Å². The van der Waals surface area contributed by atoms with E-state index >= 15 is 0 Å². The van der Waals surface area contributed by atoms with Crippen molar-refractivity contribution < 1.29 is 18.7 Å². The Hall–Kier alpha value is -1.05. The van der Waals surface area contributed by atoms with Crippen LogP contribution in [0.15, 0.2) is 16.8 Å². The van der Waals surface area contributed by atoms with Gasteiger partial charge in [-0.3, -0.25) is 9.69 Å². The molecule has 0 aromatic carbocycles. The van der Waals surface area contributed by atoms with Crippen LogP contribution in [0, 0.1) is 0 Å². The number of aliphatic hydroxyl groups excluding tert-OH is 1. The first kappa shape index (κ1) is 15.8. The Morgan fingerprint density at radius 1 is 1.36 bits per heavy atom.